The maximum absolute atomic E-state index is 11.9. The molecule has 0 amide bonds. The summed E-state index contributed by atoms with van der Waals surface area (Å²) in [7, 11) is 0. The molecule has 4 heteroatoms. The number of carbonyl (C=O) groups is 2. The van der Waals surface area contributed by atoms with Gasteiger partial charge < -0.3 is 4.74 Å². The summed E-state index contributed by atoms with van der Waals surface area (Å²) in [5.74, 6) is -0.331. The zero-order valence-corrected chi connectivity index (χ0v) is 14.0. The molecule has 0 aliphatic rings. The maximum atomic E-state index is 11.9. The van der Waals surface area contributed by atoms with Gasteiger partial charge in [-0.1, -0.05) is 29.3 Å². The molecule has 22 heavy (non-hydrogen) atoms. The highest BCUT2D eigenvalue weighted by Crippen LogP contribution is 2.18. The van der Waals surface area contributed by atoms with Crippen molar-refractivity contribution in [1.29, 1.82) is 0 Å². The molecule has 0 radical (unpaired) electrons. The monoisotopic (exact) mass is 316 g/mol. The van der Waals surface area contributed by atoms with E-state index in [4.69, 9.17) is 4.74 Å². The predicted molar refractivity (Wildman–Crippen MR) is 88.3 cm³/mol. The maximum Gasteiger partial charge on any atom is 0.306 e. The zero-order chi connectivity index (χ0) is 16.1. The van der Waals surface area contributed by atoms with Gasteiger partial charge in [-0.25, -0.2) is 0 Å². The van der Waals surface area contributed by atoms with E-state index in [9.17, 15) is 9.59 Å². The SMILES string of the molecule is Cc1cc(C)cc(COC(=O)CCC(=O)c2ccc(C)s2)c1. The number of rotatable bonds is 6. The van der Waals surface area contributed by atoms with Gasteiger partial charge in [-0.15, -0.1) is 11.3 Å². The van der Waals surface area contributed by atoms with Crippen molar-refractivity contribution in [3.8, 4) is 0 Å². The molecule has 0 fully saturated rings. The van der Waals surface area contributed by atoms with E-state index in [1.54, 1.807) is 0 Å². The Bertz CT molecular complexity index is 665. The van der Waals surface area contributed by atoms with Gasteiger partial charge in [0.1, 0.15) is 6.61 Å². The van der Waals surface area contributed by atoms with Gasteiger partial charge in [-0.2, -0.15) is 0 Å². The summed E-state index contributed by atoms with van der Waals surface area (Å²) in [5, 5.41) is 0. The fourth-order valence-electron chi connectivity index (χ4n) is 2.31. The summed E-state index contributed by atoms with van der Waals surface area (Å²) in [5.41, 5.74) is 3.27. The number of ether oxygens (including phenoxy) is 1. The molecule has 1 aromatic carbocycles. The molecular weight excluding hydrogens is 296 g/mol. The number of Topliss-reactive ketones (excluding diaryl/α,β-unsaturated/α-hetero) is 1. The molecule has 2 aromatic rings. The number of aryl methyl sites for hydroxylation is 3. The summed E-state index contributed by atoms with van der Waals surface area (Å²) in [4.78, 5) is 25.5. The lowest BCUT2D eigenvalue weighted by Crippen LogP contribution is -2.07. The molecule has 0 aliphatic heterocycles. The van der Waals surface area contributed by atoms with Crippen LogP contribution in [0.4, 0.5) is 0 Å². The van der Waals surface area contributed by atoms with Crippen molar-refractivity contribution in [2.24, 2.45) is 0 Å². The molecule has 116 valence electrons. The summed E-state index contributed by atoms with van der Waals surface area (Å²) in [6.07, 6.45) is 0.326. The Balaban J connectivity index is 1.79. The van der Waals surface area contributed by atoms with E-state index < -0.39 is 0 Å². The lowest BCUT2D eigenvalue weighted by atomic mass is 10.1. The molecule has 2 rings (SSSR count). The van der Waals surface area contributed by atoms with Crippen LogP contribution in [0.15, 0.2) is 30.3 Å². The standard InChI is InChI=1S/C18H20O3S/c1-12-8-13(2)10-15(9-12)11-21-18(20)7-5-16(19)17-6-4-14(3)22-17/h4,6,8-10H,5,7,11H2,1-3H3. The summed E-state index contributed by atoms with van der Waals surface area (Å²) in [6, 6.07) is 9.80. The van der Waals surface area contributed by atoms with Gasteiger partial charge in [0, 0.05) is 11.3 Å². The third kappa shape index (κ3) is 4.81. The Labute approximate surface area is 134 Å². The number of hydrogen-bond acceptors (Lipinski definition) is 4. The van der Waals surface area contributed by atoms with Crippen LogP contribution in [0, 0.1) is 20.8 Å². The van der Waals surface area contributed by atoms with Crippen molar-refractivity contribution in [1.82, 2.24) is 0 Å². The lowest BCUT2D eigenvalue weighted by molar-refractivity contribution is -0.144. The first-order valence-corrected chi connectivity index (χ1v) is 8.08. The van der Waals surface area contributed by atoms with Crippen LogP contribution < -0.4 is 0 Å². The van der Waals surface area contributed by atoms with Crippen LogP contribution in [-0.4, -0.2) is 11.8 Å². The fraction of sp³-hybridized carbons (Fsp3) is 0.333. The minimum atomic E-state index is -0.333. The highest BCUT2D eigenvalue weighted by Gasteiger charge is 2.12. The molecule has 0 N–H and O–H groups in total. The molecule has 0 spiro atoms. The van der Waals surface area contributed by atoms with Crippen molar-refractivity contribution >= 4 is 23.1 Å². The Kier molecular flexibility index (Phi) is 5.50. The number of esters is 1. The Hall–Kier alpha value is -1.94. The van der Waals surface area contributed by atoms with Crippen molar-refractivity contribution in [3.05, 3.63) is 56.8 Å². The molecule has 0 bridgehead atoms. The van der Waals surface area contributed by atoms with E-state index in [1.165, 1.54) is 11.3 Å². The van der Waals surface area contributed by atoms with Crippen LogP contribution in [0.25, 0.3) is 0 Å². The van der Waals surface area contributed by atoms with E-state index in [0.717, 1.165) is 21.6 Å². The lowest BCUT2D eigenvalue weighted by Gasteiger charge is -2.06. The molecule has 0 saturated heterocycles. The average Bonchev–Trinajstić information content (AvgIpc) is 2.88. The van der Waals surface area contributed by atoms with Crippen molar-refractivity contribution in [2.75, 3.05) is 0 Å². The van der Waals surface area contributed by atoms with Crippen molar-refractivity contribution in [3.63, 3.8) is 0 Å². The molecule has 0 saturated carbocycles. The fourth-order valence-corrected chi connectivity index (χ4v) is 3.15. The first kappa shape index (κ1) is 16.4. The smallest absolute Gasteiger partial charge is 0.306 e. The van der Waals surface area contributed by atoms with Crippen LogP contribution in [0.3, 0.4) is 0 Å². The van der Waals surface area contributed by atoms with Crippen LogP contribution in [0.2, 0.25) is 0 Å². The molecule has 1 heterocycles. The second-order valence-electron chi connectivity index (χ2n) is 5.49. The molecular formula is C18H20O3S. The molecule has 3 nitrogen and oxygen atoms in total. The normalized spacial score (nSPS) is 10.5. The van der Waals surface area contributed by atoms with Crippen LogP contribution in [-0.2, 0) is 16.1 Å². The van der Waals surface area contributed by atoms with Gasteiger partial charge in [0.05, 0.1) is 11.3 Å². The van der Waals surface area contributed by atoms with E-state index in [-0.39, 0.29) is 31.2 Å². The van der Waals surface area contributed by atoms with E-state index in [0.29, 0.717) is 4.88 Å². The Morgan fingerprint density at radius 2 is 1.68 bits per heavy atom. The minimum absolute atomic E-state index is 0.00134. The Morgan fingerprint density at radius 1 is 1.00 bits per heavy atom. The number of thiophene rings is 1. The third-order valence-electron chi connectivity index (χ3n) is 3.25. The van der Waals surface area contributed by atoms with Gasteiger partial charge in [-0.3, -0.25) is 9.59 Å². The van der Waals surface area contributed by atoms with Crippen molar-refractivity contribution < 1.29 is 14.3 Å². The third-order valence-corrected chi connectivity index (χ3v) is 4.29. The predicted octanol–water partition coefficient (Wildman–Crippen LogP) is 4.38. The molecule has 0 aliphatic carbocycles. The number of hydrogen-bond donors (Lipinski definition) is 0. The quantitative estimate of drug-likeness (QED) is 0.587. The summed E-state index contributed by atoms with van der Waals surface area (Å²) in [6.45, 7) is 6.24. The number of carbonyl (C=O) groups excluding carboxylic acids is 2. The first-order valence-electron chi connectivity index (χ1n) is 7.26. The van der Waals surface area contributed by atoms with Crippen LogP contribution in [0.5, 0.6) is 0 Å². The second-order valence-corrected chi connectivity index (χ2v) is 6.78. The van der Waals surface area contributed by atoms with Crippen molar-refractivity contribution in [2.45, 2.75) is 40.2 Å². The largest absolute Gasteiger partial charge is 0.461 e. The first-order chi connectivity index (χ1) is 10.4. The van der Waals surface area contributed by atoms with Gasteiger partial charge in [0.2, 0.25) is 0 Å². The number of benzene rings is 1. The van der Waals surface area contributed by atoms with Gasteiger partial charge in [0.25, 0.3) is 0 Å². The second kappa shape index (κ2) is 7.36. The zero-order valence-electron chi connectivity index (χ0n) is 13.1. The van der Waals surface area contributed by atoms with E-state index in [1.807, 2.05) is 45.0 Å². The summed E-state index contributed by atoms with van der Waals surface area (Å²) >= 11 is 1.46. The highest BCUT2D eigenvalue weighted by atomic mass is 32.1. The topological polar surface area (TPSA) is 43.4 Å². The van der Waals surface area contributed by atoms with Crippen LogP contribution in [0.1, 0.15) is 44.1 Å². The molecule has 0 unspecified atom stereocenters. The molecule has 0 atom stereocenters. The number of ketones is 1. The average molecular weight is 316 g/mol. The minimum Gasteiger partial charge on any atom is -0.461 e. The highest BCUT2D eigenvalue weighted by molar-refractivity contribution is 7.14. The van der Waals surface area contributed by atoms with Gasteiger partial charge in [0.15, 0.2) is 5.78 Å². The van der Waals surface area contributed by atoms with Gasteiger partial charge >= 0.3 is 5.97 Å². The van der Waals surface area contributed by atoms with E-state index in [2.05, 4.69) is 6.07 Å². The van der Waals surface area contributed by atoms with E-state index >= 15 is 0 Å². The van der Waals surface area contributed by atoms with Crippen LogP contribution >= 0.6 is 11.3 Å². The summed E-state index contributed by atoms with van der Waals surface area (Å²) < 4.78 is 5.24. The Morgan fingerprint density at radius 3 is 2.27 bits per heavy atom. The van der Waals surface area contributed by atoms with Gasteiger partial charge in [-0.05, 0) is 38.5 Å². The molecule has 1 aromatic heterocycles.